The van der Waals surface area contributed by atoms with Crippen molar-refractivity contribution >= 4 is 11.6 Å². The second-order valence-electron chi connectivity index (χ2n) is 6.22. The molecule has 0 fully saturated rings. The number of amides is 1. The molecule has 3 aromatic rings. The Balaban J connectivity index is 1.54. The van der Waals surface area contributed by atoms with Crippen LogP contribution in [0.3, 0.4) is 0 Å². The lowest BCUT2D eigenvalue weighted by molar-refractivity contribution is -0.116. The second-order valence-corrected chi connectivity index (χ2v) is 6.22. The molecule has 7 nitrogen and oxygen atoms in total. The highest BCUT2D eigenvalue weighted by Gasteiger charge is 2.13. The van der Waals surface area contributed by atoms with E-state index < -0.39 is 0 Å². The van der Waals surface area contributed by atoms with Crippen LogP contribution in [0, 0.1) is 5.82 Å². The third-order valence-electron chi connectivity index (χ3n) is 4.11. The number of nitrogens with zero attached hydrogens (tertiary/aromatic N) is 2. The van der Waals surface area contributed by atoms with Gasteiger partial charge in [0.15, 0.2) is 11.5 Å². The third kappa shape index (κ3) is 5.54. The van der Waals surface area contributed by atoms with Gasteiger partial charge in [0.1, 0.15) is 5.82 Å². The Bertz CT molecular complexity index is 957. The minimum atomic E-state index is -0.347. The maximum absolute atomic E-state index is 12.9. The van der Waals surface area contributed by atoms with Crippen molar-refractivity contribution < 1.29 is 23.2 Å². The molecule has 0 radical (unpaired) electrons. The van der Waals surface area contributed by atoms with Crippen LogP contribution < -0.4 is 14.8 Å². The number of benzene rings is 2. The van der Waals surface area contributed by atoms with Crippen molar-refractivity contribution in [1.82, 2.24) is 10.1 Å². The van der Waals surface area contributed by atoms with E-state index in [0.717, 1.165) is 5.56 Å². The third-order valence-corrected chi connectivity index (χ3v) is 4.11. The first-order valence-electron chi connectivity index (χ1n) is 9.28. The standard InChI is InChI=1S/C21H22FN3O4/c1-3-28-17-12-7-14(13-18(17)27-2)21-24-20(29-25-21)6-4-5-19(26)23-16-10-8-15(22)9-11-16/h7-13H,3-6H2,1-2H3,(H,23,26). The summed E-state index contributed by atoms with van der Waals surface area (Å²) >= 11 is 0. The number of hydrogen-bond acceptors (Lipinski definition) is 6. The van der Waals surface area contributed by atoms with Crippen molar-refractivity contribution in [2.45, 2.75) is 26.2 Å². The van der Waals surface area contributed by atoms with E-state index >= 15 is 0 Å². The number of nitrogens with one attached hydrogen (secondary N) is 1. The topological polar surface area (TPSA) is 86.5 Å². The molecule has 0 spiro atoms. The molecule has 0 saturated carbocycles. The van der Waals surface area contributed by atoms with Crippen LogP contribution in [-0.2, 0) is 11.2 Å². The van der Waals surface area contributed by atoms with Gasteiger partial charge in [-0.05, 0) is 55.8 Å². The lowest BCUT2D eigenvalue weighted by Crippen LogP contribution is -2.11. The van der Waals surface area contributed by atoms with Crippen molar-refractivity contribution in [3.05, 3.63) is 54.2 Å². The molecular weight excluding hydrogens is 377 g/mol. The summed E-state index contributed by atoms with van der Waals surface area (Å²) in [6.07, 6.45) is 1.30. The van der Waals surface area contributed by atoms with Gasteiger partial charge < -0.3 is 19.3 Å². The predicted octanol–water partition coefficient (Wildman–Crippen LogP) is 4.24. The fourth-order valence-electron chi connectivity index (χ4n) is 2.71. The molecule has 0 aliphatic carbocycles. The molecule has 1 amide bonds. The van der Waals surface area contributed by atoms with Gasteiger partial charge >= 0.3 is 0 Å². The number of methoxy groups -OCH3 is 1. The van der Waals surface area contributed by atoms with Crippen molar-refractivity contribution in [3.8, 4) is 22.9 Å². The van der Waals surface area contributed by atoms with Crippen molar-refractivity contribution in [2.75, 3.05) is 19.0 Å². The average Bonchev–Trinajstić information content (AvgIpc) is 3.19. The number of aryl methyl sites for hydroxylation is 1. The Labute approximate surface area is 167 Å². The van der Waals surface area contributed by atoms with Gasteiger partial charge in [0, 0.05) is 24.1 Å². The van der Waals surface area contributed by atoms with E-state index in [2.05, 4.69) is 15.5 Å². The number of anilines is 1. The highest BCUT2D eigenvalue weighted by Crippen LogP contribution is 2.31. The summed E-state index contributed by atoms with van der Waals surface area (Å²) in [6.45, 7) is 2.44. The predicted molar refractivity (Wildman–Crippen MR) is 105 cm³/mol. The smallest absolute Gasteiger partial charge is 0.226 e. The Morgan fingerprint density at radius 1 is 1.17 bits per heavy atom. The van der Waals surface area contributed by atoms with Crippen molar-refractivity contribution in [1.29, 1.82) is 0 Å². The lowest BCUT2D eigenvalue weighted by Gasteiger charge is -2.09. The average molecular weight is 399 g/mol. The van der Waals surface area contributed by atoms with Crippen LogP contribution in [0.1, 0.15) is 25.7 Å². The summed E-state index contributed by atoms with van der Waals surface area (Å²) in [6, 6.07) is 11.0. The second kappa shape index (κ2) is 9.68. The number of halogens is 1. The quantitative estimate of drug-likeness (QED) is 0.579. The molecule has 0 unspecified atom stereocenters. The molecule has 0 bridgehead atoms. The van der Waals surface area contributed by atoms with E-state index in [-0.39, 0.29) is 18.1 Å². The first-order chi connectivity index (χ1) is 14.1. The van der Waals surface area contributed by atoms with Gasteiger partial charge in [-0.1, -0.05) is 5.16 Å². The van der Waals surface area contributed by atoms with E-state index in [4.69, 9.17) is 14.0 Å². The summed E-state index contributed by atoms with van der Waals surface area (Å²) in [5, 5.41) is 6.71. The summed E-state index contributed by atoms with van der Waals surface area (Å²) in [5.74, 6) is 1.62. The molecule has 152 valence electrons. The molecule has 1 aromatic heterocycles. The van der Waals surface area contributed by atoms with Crippen LogP contribution in [0.4, 0.5) is 10.1 Å². The van der Waals surface area contributed by atoms with Gasteiger partial charge in [-0.25, -0.2) is 4.39 Å². The fourth-order valence-corrected chi connectivity index (χ4v) is 2.71. The lowest BCUT2D eigenvalue weighted by atomic mass is 10.2. The highest BCUT2D eigenvalue weighted by molar-refractivity contribution is 5.90. The molecule has 1 N–H and O–H groups in total. The number of carbonyl (C=O) groups excluding carboxylic acids is 1. The molecule has 3 rings (SSSR count). The maximum atomic E-state index is 12.9. The number of ether oxygens (including phenoxy) is 2. The van der Waals surface area contributed by atoms with E-state index in [0.29, 0.717) is 48.4 Å². The van der Waals surface area contributed by atoms with Crippen LogP contribution in [0.2, 0.25) is 0 Å². The number of aromatic nitrogens is 2. The summed E-state index contributed by atoms with van der Waals surface area (Å²) in [7, 11) is 1.57. The number of rotatable bonds is 9. The molecule has 1 heterocycles. The summed E-state index contributed by atoms with van der Waals surface area (Å²) in [4.78, 5) is 16.3. The maximum Gasteiger partial charge on any atom is 0.226 e. The van der Waals surface area contributed by atoms with Crippen molar-refractivity contribution in [3.63, 3.8) is 0 Å². The molecule has 2 aromatic carbocycles. The minimum Gasteiger partial charge on any atom is -0.493 e. The van der Waals surface area contributed by atoms with Crippen LogP contribution in [0.15, 0.2) is 47.0 Å². The molecule has 0 aliphatic rings. The Morgan fingerprint density at radius 2 is 1.97 bits per heavy atom. The molecule has 29 heavy (non-hydrogen) atoms. The summed E-state index contributed by atoms with van der Waals surface area (Å²) in [5.41, 5.74) is 1.30. The molecular formula is C21H22FN3O4. The monoisotopic (exact) mass is 399 g/mol. The van der Waals surface area contributed by atoms with E-state index in [1.807, 2.05) is 13.0 Å². The van der Waals surface area contributed by atoms with Gasteiger partial charge in [0.2, 0.25) is 17.6 Å². The highest BCUT2D eigenvalue weighted by atomic mass is 19.1. The fraction of sp³-hybridized carbons (Fsp3) is 0.286. The van der Waals surface area contributed by atoms with Gasteiger partial charge in [0.05, 0.1) is 13.7 Å². The van der Waals surface area contributed by atoms with Crippen molar-refractivity contribution in [2.24, 2.45) is 0 Å². The van der Waals surface area contributed by atoms with Gasteiger partial charge in [-0.15, -0.1) is 0 Å². The zero-order valence-electron chi connectivity index (χ0n) is 16.3. The first-order valence-corrected chi connectivity index (χ1v) is 9.28. The zero-order valence-corrected chi connectivity index (χ0v) is 16.3. The van der Waals surface area contributed by atoms with E-state index in [9.17, 15) is 9.18 Å². The number of carbonyl (C=O) groups is 1. The Kier molecular flexibility index (Phi) is 6.78. The van der Waals surface area contributed by atoms with Crippen LogP contribution >= 0.6 is 0 Å². The zero-order chi connectivity index (χ0) is 20.6. The normalized spacial score (nSPS) is 10.6. The largest absolute Gasteiger partial charge is 0.493 e. The minimum absolute atomic E-state index is 0.160. The van der Waals surface area contributed by atoms with Gasteiger partial charge in [-0.3, -0.25) is 4.79 Å². The van der Waals surface area contributed by atoms with Gasteiger partial charge in [0.25, 0.3) is 0 Å². The molecule has 8 heteroatoms. The molecule has 0 saturated heterocycles. The first kappa shape index (κ1) is 20.3. The van der Waals surface area contributed by atoms with E-state index in [1.54, 1.807) is 19.2 Å². The summed E-state index contributed by atoms with van der Waals surface area (Å²) < 4.78 is 29.0. The van der Waals surface area contributed by atoms with Crippen LogP contribution in [0.5, 0.6) is 11.5 Å². The Morgan fingerprint density at radius 3 is 2.69 bits per heavy atom. The number of hydrogen-bond donors (Lipinski definition) is 1. The molecule has 0 atom stereocenters. The Hall–Kier alpha value is -3.42. The van der Waals surface area contributed by atoms with Crippen LogP contribution in [0.25, 0.3) is 11.4 Å². The molecule has 0 aliphatic heterocycles. The van der Waals surface area contributed by atoms with Crippen LogP contribution in [-0.4, -0.2) is 29.8 Å². The SMILES string of the molecule is CCOc1ccc(-c2noc(CCCC(=O)Nc3ccc(F)cc3)n2)cc1OC. The van der Waals surface area contributed by atoms with E-state index in [1.165, 1.54) is 24.3 Å². The van der Waals surface area contributed by atoms with Gasteiger partial charge in [-0.2, -0.15) is 4.98 Å².